The highest BCUT2D eigenvalue weighted by molar-refractivity contribution is 5.81. The minimum Gasteiger partial charge on any atom is -0.368 e. The number of aromatic nitrogens is 4. The van der Waals surface area contributed by atoms with Crippen LogP contribution in [-0.2, 0) is 13.6 Å². The Bertz CT molecular complexity index is 1080. The molecule has 4 heterocycles. The average Bonchev–Trinajstić information content (AvgIpc) is 2.97. The molecule has 0 spiro atoms. The maximum atomic E-state index is 9.44. The number of aryl methyl sites for hydroxylation is 2. The molecule has 0 aromatic carbocycles. The maximum Gasteiger partial charge on any atom is 0.222 e. The number of nitrogens with one attached hydrogen (secondary N) is 2. The molecular formula is C19H23N9. The molecule has 0 amide bonds. The fourth-order valence-corrected chi connectivity index (χ4v) is 3.42. The number of nitrogen functional groups attached to an aromatic ring is 1. The van der Waals surface area contributed by atoms with Gasteiger partial charge in [-0.3, -0.25) is 0 Å². The summed E-state index contributed by atoms with van der Waals surface area (Å²) in [6.07, 6.45) is 2.01. The van der Waals surface area contributed by atoms with Gasteiger partial charge in [-0.1, -0.05) is 0 Å². The van der Waals surface area contributed by atoms with Crippen molar-refractivity contribution in [1.29, 1.82) is 5.26 Å². The lowest BCUT2D eigenvalue weighted by atomic mass is 10.1. The van der Waals surface area contributed by atoms with Gasteiger partial charge < -0.3 is 25.8 Å². The summed E-state index contributed by atoms with van der Waals surface area (Å²) >= 11 is 0. The van der Waals surface area contributed by atoms with Gasteiger partial charge in [0.15, 0.2) is 0 Å². The summed E-state index contributed by atoms with van der Waals surface area (Å²) in [7, 11) is 4.11. The van der Waals surface area contributed by atoms with Crippen LogP contribution in [0.3, 0.4) is 0 Å². The molecule has 1 saturated heterocycles. The van der Waals surface area contributed by atoms with Crippen molar-refractivity contribution in [2.45, 2.75) is 19.5 Å². The number of nitrogens with two attached hydrogens (primary N) is 1. The first-order valence-corrected chi connectivity index (χ1v) is 9.14. The number of pyridine rings is 1. The Morgan fingerprint density at radius 3 is 2.86 bits per heavy atom. The van der Waals surface area contributed by atoms with Gasteiger partial charge >= 0.3 is 0 Å². The van der Waals surface area contributed by atoms with Crippen LogP contribution in [-0.4, -0.2) is 45.7 Å². The van der Waals surface area contributed by atoms with E-state index < -0.39 is 0 Å². The fraction of sp³-hybridized carbons (Fsp3) is 0.368. The van der Waals surface area contributed by atoms with Gasteiger partial charge in [-0.05, 0) is 19.1 Å². The largest absolute Gasteiger partial charge is 0.368 e. The van der Waals surface area contributed by atoms with Crippen LogP contribution in [0.25, 0.3) is 11.0 Å². The summed E-state index contributed by atoms with van der Waals surface area (Å²) in [4.78, 5) is 15.4. The highest BCUT2D eigenvalue weighted by Gasteiger charge is 2.25. The molecule has 3 aromatic rings. The monoisotopic (exact) mass is 377 g/mol. The quantitative estimate of drug-likeness (QED) is 0.605. The highest BCUT2D eigenvalue weighted by atomic mass is 15.2. The maximum absolute atomic E-state index is 9.44. The second kappa shape index (κ2) is 6.98. The van der Waals surface area contributed by atoms with Crippen LogP contribution >= 0.6 is 0 Å². The molecule has 0 radical (unpaired) electrons. The number of nitriles is 1. The number of anilines is 3. The number of fused-ring (bicyclic) bond motifs is 1. The van der Waals surface area contributed by atoms with Crippen LogP contribution < -0.4 is 21.3 Å². The molecule has 9 nitrogen and oxygen atoms in total. The molecule has 0 atom stereocenters. The number of rotatable bonds is 5. The van der Waals surface area contributed by atoms with E-state index in [4.69, 9.17) is 10.7 Å². The van der Waals surface area contributed by atoms with E-state index in [0.29, 0.717) is 29.7 Å². The lowest BCUT2D eigenvalue weighted by Gasteiger charge is -2.38. The topological polar surface area (TPSA) is 121 Å². The Labute approximate surface area is 163 Å². The van der Waals surface area contributed by atoms with Crippen LogP contribution in [0.15, 0.2) is 18.3 Å². The summed E-state index contributed by atoms with van der Waals surface area (Å²) in [5.74, 6) is 0.574. The van der Waals surface area contributed by atoms with Crippen molar-refractivity contribution < 1.29 is 0 Å². The third kappa shape index (κ3) is 3.08. The minimum absolute atomic E-state index is 0.142. The van der Waals surface area contributed by atoms with Crippen molar-refractivity contribution in [3.63, 3.8) is 0 Å². The molecule has 4 N–H and O–H groups in total. The number of likely N-dealkylation sites (N-methyl/N-ethyl adjacent to an activating group) is 1. The Morgan fingerprint density at radius 2 is 2.18 bits per heavy atom. The van der Waals surface area contributed by atoms with Crippen molar-refractivity contribution in [2.75, 3.05) is 36.1 Å². The molecular weight excluding hydrogens is 354 g/mol. The van der Waals surface area contributed by atoms with Gasteiger partial charge in [0.2, 0.25) is 5.95 Å². The number of nitrogens with zero attached hydrogens (tertiary/aromatic N) is 6. The molecule has 1 aliphatic rings. The Kier molecular flexibility index (Phi) is 4.49. The summed E-state index contributed by atoms with van der Waals surface area (Å²) in [6, 6.07) is 6.75. The number of hydrogen-bond acceptors (Lipinski definition) is 8. The first-order chi connectivity index (χ1) is 13.5. The van der Waals surface area contributed by atoms with Gasteiger partial charge in [-0.25, -0.2) is 9.97 Å². The van der Waals surface area contributed by atoms with Crippen LogP contribution in [0.1, 0.15) is 17.0 Å². The lowest BCUT2D eigenvalue weighted by Crippen LogP contribution is -2.56. The molecule has 1 fully saturated rings. The number of hydrogen-bond donors (Lipinski definition) is 3. The van der Waals surface area contributed by atoms with Crippen LogP contribution in [0, 0.1) is 18.3 Å². The van der Waals surface area contributed by atoms with E-state index in [0.717, 1.165) is 35.5 Å². The first-order valence-electron chi connectivity index (χ1n) is 9.14. The van der Waals surface area contributed by atoms with Crippen molar-refractivity contribution in [3.8, 4) is 6.07 Å². The minimum atomic E-state index is 0.142. The third-order valence-electron chi connectivity index (χ3n) is 5.25. The van der Waals surface area contributed by atoms with E-state index in [9.17, 15) is 5.26 Å². The molecule has 9 heteroatoms. The van der Waals surface area contributed by atoms with E-state index in [1.165, 1.54) is 0 Å². The predicted molar refractivity (Wildman–Crippen MR) is 109 cm³/mol. The summed E-state index contributed by atoms with van der Waals surface area (Å²) in [5.41, 5.74) is 10.7. The van der Waals surface area contributed by atoms with E-state index >= 15 is 0 Å². The standard InChI is InChI=1S/C19H23N9/c1-11-13(7-20)18(26-19(21)24-11)23-10-15-17(28(3)12-8-22-9-12)6-16-14(25-15)4-5-27(16)2/h4-6,12,22H,8-10H2,1-3H3,(H3,21,23,24,26). The fourth-order valence-electron chi connectivity index (χ4n) is 3.42. The zero-order valence-corrected chi connectivity index (χ0v) is 16.2. The van der Waals surface area contributed by atoms with E-state index in [1.54, 1.807) is 6.92 Å². The van der Waals surface area contributed by atoms with E-state index in [1.807, 2.05) is 19.3 Å². The van der Waals surface area contributed by atoms with E-state index in [-0.39, 0.29) is 5.95 Å². The van der Waals surface area contributed by atoms with Gasteiger partial charge in [-0.2, -0.15) is 10.2 Å². The molecule has 4 rings (SSSR count). The Hall–Kier alpha value is -3.38. The lowest BCUT2D eigenvalue weighted by molar-refractivity contribution is 0.428. The molecule has 0 aliphatic carbocycles. The smallest absolute Gasteiger partial charge is 0.222 e. The SMILES string of the molecule is Cc1nc(N)nc(NCc2nc3ccn(C)c3cc2N(C)C2CNC2)c1C#N. The van der Waals surface area contributed by atoms with Crippen molar-refractivity contribution in [3.05, 3.63) is 35.3 Å². The molecule has 1 aliphatic heterocycles. The van der Waals surface area contributed by atoms with Gasteiger partial charge in [0.25, 0.3) is 0 Å². The summed E-state index contributed by atoms with van der Waals surface area (Å²) < 4.78 is 2.07. The summed E-state index contributed by atoms with van der Waals surface area (Å²) in [5, 5.41) is 16.0. The third-order valence-corrected chi connectivity index (χ3v) is 5.25. The van der Waals surface area contributed by atoms with Gasteiger partial charge in [0, 0.05) is 33.4 Å². The van der Waals surface area contributed by atoms with Gasteiger partial charge in [-0.15, -0.1) is 0 Å². The van der Waals surface area contributed by atoms with Crippen LogP contribution in [0.2, 0.25) is 0 Å². The normalized spacial score (nSPS) is 13.9. The average molecular weight is 377 g/mol. The van der Waals surface area contributed by atoms with Crippen molar-refractivity contribution >= 4 is 28.5 Å². The Balaban J connectivity index is 1.71. The van der Waals surface area contributed by atoms with E-state index in [2.05, 4.69) is 49.3 Å². The molecule has 3 aromatic heterocycles. The summed E-state index contributed by atoms with van der Waals surface area (Å²) in [6.45, 7) is 4.08. The molecule has 144 valence electrons. The zero-order chi connectivity index (χ0) is 19.8. The molecule has 0 unspecified atom stereocenters. The Morgan fingerprint density at radius 1 is 1.39 bits per heavy atom. The molecule has 0 bridgehead atoms. The van der Waals surface area contributed by atoms with Crippen LogP contribution in [0.4, 0.5) is 17.5 Å². The molecule has 28 heavy (non-hydrogen) atoms. The van der Waals surface area contributed by atoms with Crippen molar-refractivity contribution in [1.82, 2.24) is 24.8 Å². The second-order valence-electron chi connectivity index (χ2n) is 7.06. The van der Waals surface area contributed by atoms with Gasteiger partial charge in [0.05, 0.1) is 40.7 Å². The zero-order valence-electron chi connectivity index (χ0n) is 16.2. The predicted octanol–water partition coefficient (Wildman–Crippen LogP) is 1.15. The van der Waals surface area contributed by atoms with Crippen LogP contribution in [0.5, 0.6) is 0 Å². The first kappa shape index (κ1) is 18.0. The molecule has 0 saturated carbocycles. The van der Waals surface area contributed by atoms with Gasteiger partial charge in [0.1, 0.15) is 17.5 Å². The second-order valence-corrected chi connectivity index (χ2v) is 7.06. The van der Waals surface area contributed by atoms with Crippen molar-refractivity contribution in [2.24, 2.45) is 7.05 Å². The highest BCUT2D eigenvalue weighted by Crippen LogP contribution is 2.27.